The molecule has 0 aromatic carbocycles. The highest BCUT2D eigenvalue weighted by atomic mass is 16.5. The highest BCUT2D eigenvalue weighted by Gasteiger charge is 2.66. The fraction of sp³-hybridized carbons (Fsp3) is 1.00. The van der Waals surface area contributed by atoms with E-state index in [1.807, 2.05) is 0 Å². The Morgan fingerprint density at radius 3 is 2.13 bits per heavy atom. The molecule has 0 aliphatic heterocycles. The summed E-state index contributed by atoms with van der Waals surface area (Å²) in [5, 5.41) is 10.2. The molecule has 0 saturated heterocycles. The lowest BCUT2D eigenvalue weighted by atomic mass is 9.43. The van der Waals surface area contributed by atoms with E-state index in [0.29, 0.717) is 55.3 Å². The average Bonchev–Trinajstić information content (AvgIpc) is 3.27. The van der Waals surface area contributed by atoms with E-state index in [4.69, 9.17) is 31.4 Å². The summed E-state index contributed by atoms with van der Waals surface area (Å²) < 4.78 is 19.9. The molecule has 7 N–H and O–H groups in total. The van der Waals surface area contributed by atoms with Gasteiger partial charge in [0.15, 0.2) is 0 Å². The number of nitrogens with two attached hydrogens (primary N) is 3. The maximum absolute atomic E-state index is 10.2. The van der Waals surface area contributed by atoms with Crippen LogP contribution in [-0.4, -0.2) is 69.5 Å². The van der Waals surface area contributed by atoms with Crippen molar-refractivity contribution in [1.82, 2.24) is 0 Å². The number of aliphatic hydroxyl groups excluding tert-OH is 1. The van der Waals surface area contributed by atoms with Crippen molar-refractivity contribution < 1.29 is 19.3 Å². The van der Waals surface area contributed by atoms with Crippen molar-refractivity contribution in [2.75, 3.05) is 46.1 Å². The van der Waals surface area contributed by atoms with Gasteiger partial charge in [0.25, 0.3) is 0 Å². The zero-order chi connectivity index (χ0) is 27.3. The Hall–Kier alpha value is -0.280. The predicted octanol–water partition coefficient (Wildman–Crippen LogP) is 3.70. The summed E-state index contributed by atoms with van der Waals surface area (Å²) in [7, 11) is 0. The first kappa shape index (κ1) is 30.7. The number of rotatable bonds is 14. The maximum atomic E-state index is 10.2. The van der Waals surface area contributed by atoms with Crippen molar-refractivity contribution >= 4 is 0 Å². The third-order valence-corrected chi connectivity index (χ3v) is 11.8. The predicted molar refractivity (Wildman–Crippen MR) is 152 cm³/mol. The second-order valence-corrected chi connectivity index (χ2v) is 13.6. The molecule has 0 aromatic rings. The van der Waals surface area contributed by atoms with Crippen LogP contribution >= 0.6 is 0 Å². The van der Waals surface area contributed by atoms with Crippen molar-refractivity contribution in [2.24, 2.45) is 63.5 Å². The number of ether oxygens (including phenoxy) is 3. The van der Waals surface area contributed by atoms with Crippen LogP contribution in [0.2, 0.25) is 0 Å². The molecule has 4 rings (SSSR count). The second-order valence-electron chi connectivity index (χ2n) is 13.6. The van der Waals surface area contributed by atoms with E-state index in [2.05, 4.69) is 20.8 Å². The third kappa shape index (κ3) is 5.86. The van der Waals surface area contributed by atoms with Gasteiger partial charge in [-0.25, -0.2) is 0 Å². The fourth-order valence-corrected chi connectivity index (χ4v) is 9.72. The van der Waals surface area contributed by atoms with Gasteiger partial charge in [0.2, 0.25) is 0 Å². The summed E-state index contributed by atoms with van der Waals surface area (Å²) in [5.74, 6) is 3.04. The van der Waals surface area contributed by atoms with Crippen LogP contribution < -0.4 is 17.2 Å². The van der Waals surface area contributed by atoms with Gasteiger partial charge in [0.05, 0.1) is 18.3 Å². The normalized spacial score (nSPS) is 43.3. The van der Waals surface area contributed by atoms with Gasteiger partial charge >= 0.3 is 0 Å². The summed E-state index contributed by atoms with van der Waals surface area (Å²) in [6.07, 6.45) is 11.7. The van der Waals surface area contributed by atoms with E-state index >= 15 is 0 Å². The largest absolute Gasteiger partial charge is 0.396 e. The standard InChI is InChI=1S/C31H59N3O4/c1-21(20-35)24-7-8-25-29-26(19-28(31(24,25)3)38-16-6-13-34)30(2)10-9-23(36-14-4-11-32)17-22(30)18-27(29)37-15-5-12-33/h21-29,35H,4-20,32-34H2,1-3H3/t21-,22?,23-,24-,25+,26+,27-,28+,29?,30?,31-/m1/s1. The third-order valence-electron chi connectivity index (χ3n) is 11.8. The van der Waals surface area contributed by atoms with Crippen molar-refractivity contribution in [3.05, 3.63) is 0 Å². The molecule has 38 heavy (non-hydrogen) atoms. The first-order chi connectivity index (χ1) is 18.3. The SMILES string of the molecule is C[C@H](CO)[C@H]1CC[C@H]2C3[C@H](OCCCN)CC4C[C@H](OCCCN)CCC4(C)[C@H]3C[C@H](OCCCN)[C@]12C. The molecule has 0 aromatic heterocycles. The number of hydrogen-bond donors (Lipinski definition) is 4. The molecule has 0 amide bonds. The lowest BCUT2D eigenvalue weighted by Gasteiger charge is -2.64. The minimum atomic E-state index is 0.0547. The second kappa shape index (κ2) is 13.6. The Labute approximate surface area is 232 Å². The zero-order valence-electron chi connectivity index (χ0n) is 24.6. The van der Waals surface area contributed by atoms with Crippen molar-refractivity contribution in [2.45, 2.75) is 103 Å². The molecule has 0 heterocycles. The minimum absolute atomic E-state index is 0.0547. The van der Waals surface area contributed by atoms with Crippen molar-refractivity contribution in [3.63, 3.8) is 0 Å². The fourth-order valence-electron chi connectivity index (χ4n) is 9.72. The molecule has 4 aliphatic rings. The van der Waals surface area contributed by atoms with Gasteiger partial charge in [-0.15, -0.1) is 0 Å². The van der Waals surface area contributed by atoms with Gasteiger partial charge < -0.3 is 36.5 Å². The molecule has 4 aliphatic carbocycles. The first-order valence-corrected chi connectivity index (χ1v) is 15.9. The average molecular weight is 538 g/mol. The van der Waals surface area contributed by atoms with Gasteiger partial charge in [0.1, 0.15) is 0 Å². The van der Waals surface area contributed by atoms with E-state index in [0.717, 1.165) is 64.8 Å². The maximum Gasteiger partial charge on any atom is 0.0637 e. The Morgan fingerprint density at radius 1 is 0.816 bits per heavy atom. The van der Waals surface area contributed by atoms with Gasteiger partial charge in [-0.05, 0) is 125 Å². The Balaban J connectivity index is 1.64. The van der Waals surface area contributed by atoms with E-state index in [1.165, 1.54) is 19.3 Å². The molecule has 4 saturated carbocycles. The van der Waals surface area contributed by atoms with Crippen LogP contribution in [0.15, 0.2) is 0 Å². The van der Waals surface area contributed by atoms with Gasteiger partial charge in [-0.3, -0.25) is 0 Å². The zero-order valence-corrected chi connectivity index (χ0v) is 24.6. The lowest BCUT2D eigenvalue weighted by Crippen LogP contribution is -2.63. The van der Waals surface area contributed by atoms with Crippen LogP contribution in [-0.2, 0) is 14.2 Å². The molecule has 7 nitrogen and oxygen atoms in total. The number of aliphatic hydroxyl groups is 1. The molecule has 222 valence electrons. The number of hydrogen-bond acceptors (Lipinski definition) is 7. The van der Waals surface area contributed by atoms with Crippen molar-refractivity contribution in [1.29, 1.82) is 0 Å². The van der Waals surface area contributed by atoms with E-state index < -0.39 is 0 Å². The molecule has 3 unspecified atom stereocenters. The summed E-state index contributed by atoms with van der Waals surface area (Å²) in [6, 6.07) is 0. The van der Waals surface area contributed by atoms with Gasteiger partial charge in [0, 0.05) is 31.8 Å². The molecule has 0 spiro atoms. The molecule has 7 heteroatoms. The van der Waals surface area contributed by atoms with Gasteiger partial charge in [-0.2, -0.15) is 0 Å². The Kier molecular flexibility index (Phi) is 11.0. The van der Waals surface area contributed by atoms with Crippen LogP contribution in [0.4, 0.5) is 0 Å². The monoisotopic (exact) mass is 537 g/mol. The highest BCUT2D eigenvalue weighted by Crippen LogP contribution is 2.69. The van der Waals surface area contributed by atoms with E-state index in [9.17, 15) is 5.11 Å². The van der Waals surface area contributed by atoms with Gasteiger partial charge in [-0.1, -0.05) is 20.8 Å². The quantitative estimate of drug-likeness (QED) is 0.249. The summed E-state index contributed by atoms with van der Waals surface area (Å²) >= 11 is 0. The van der Waals surface area contributed by atoms with E-state index in [1.54, 1.807) is 0 Å². The van der Waals surface area contributed by atoms with Crippen molar-refractivity contribution in [3.8, 4) is 0 Å². The smallest absolute Gasteiger partial charge is 0.0637 e. The van der Waals surface area contributed by atoms with Crippen LogP contribution in [0.5, 0.6) is 0 Å². The lowest BCUT2D eigenvalue weighted by molar-refractivity contribution is -0.228. The molecular weight excluding hydrogens is 478 g/mol. The number of fused-ring (bicyclic) bond motifs is 5. The molecular formula is C31H59N3O4. The molecule has 0 bridgehead atoms. The molecule has 0 radical (unpaired) electrons. The Bertz CT molecular complexity index is 727. The van der Waals surface area contributed by atoms with Crippen LogP contribution in [0.3, 0.4) is 0 Å². The molecule has 11 atom stereocenters. The van der Waals surface area contributed by atoms with Crippen LogP contribution in [0.25, 0.3) is 0 Å². The molecule has 4 fully saturated rings. The highest BCUT2D eigenvalue weighted by molar-refractivity contribution is 5.15. The summed E-state index contributed by atoms with van der Waals surface area (Å²) in [6.45, 7) is 11.9. The summed E-state index contributed by atoms with van der Waals surface area (Å²) in [4.78, 5) is 0. The summed E-state index contributed by atoms with van der Waals surface area (Å²) in [5.41, 5.74) is 17.8. The van der Waals surface area contributed by atoms with Crippen LogP contribution in [0.1, 0.15) is 85.0 Å². The first-order valence-electron chi connectivity index (χ1n) is 15.9. The minimum Gasteiger partial charge on any atom is -0.396 e. The topological polar surface area (TPSA) is 126 Å². The van der Waals surface area contributed by atoms with E-state index in [-0.39, 0.29) is 35.6 Å². The Morgan fingerprint density at radius 2 is 1.47 bits per heavy atom. The van der Waals surface area contributed by atoms with Crippen LogP contribution in [0, 0.1) is 46.3 Å².